The zero-order chi connectivity index (χ0) is 19.1. The molecule has 2 aromatic carbocycles. The Morgan fingerprint density at radius 3 is 2.56 bits per heavy atom. The van der Waals surface area contributed by atoms with Crippen molar-refractivity contribution in [1.82, 2.24) is 10.2 Å². The average molecular weight is 386 g/mol. The molecule has 0 atom stereocenters. The molecular weight excluding hydrogens is 358 g/mol. The van der Waals surface area contributed by atoms with Crippen LogP contribution in [0.3, 0.4) is 0 Å². The standard InChI is InChI=1S/C22H28ClN3O/c1-18-4-2-7-21(16-18)25-12-14-26(15-13-25)22(27)9-11-24-10-8-19-5-3-6-20(23)17-19/h2-7,16-17,24H,8-15H2,1H3. The van der Waals surface area contributed by atoms with Crippen LogP contribution in [-0.2, 0) is 11.2 Å². The summed E-state index contributed by atoms with van der Waals surface area (Å²) in [7, 11) is 0. The van der Waals surface area contributed by atoms with Crippen LogP contribution in [0.2, 0.25) is 5.02 Å². The molecule has 4 nitrogen and oxygen atoms in total. The molecule has 0 radical (unpaired) electrons. The maximum absolute atomic E-state index is 12.4. The van der Waals surface area contributed by atoms with Crippen LogP contribution in [-0.4, -0.2) is 50.1 Å². The quantitative estimate of drug-likeness (QED) is 0.741. The predicted molar refractivity (Wildman–Crippen MR) is 113 cm³/mol. The summed E-state index contributed by atoms with van der Waals surface area (Å²) in [5.41, 5.74) is 3.74. The number of amides is 1. The van der Waals surface area contributed by atoms with Crippen molar-refractivity contribution in [3.8, 4) is 0 Å². The molecule has 1 aliphatic rings. The molecule has 1 amide bonds. The molecule has 3 rings (SSSR count). The lowest BCUT2D eigenvalue weighted by Gasteiger charge is -2.36. The van der Waals surface area contributed by atoms with E-state index in [-0.39, 0.29) is 5.91 Å². The van der Waals surface area contributed by atoms with Crippen LogP contribution in [0, 0.1) is 6.92 Å². The number of nitrogens with one attached hydrogen (secondary N) is 1. The first-order valence-corrected chi connectivity index (χ1v) is 10.0. The van der Waals surface area contributed by atoms with Crippen molar-refractivity contribution in [2.45, 2.75) is 19.8 Å². The van der Waals surface area contributed by atoms with Gasteiger partial charge in [0.2, 0.25) is 5.91 Å². The highest BCUT2D eigenvalue weighted by Crippen LogP contribution is 2.18. The van der Waals surface area contributed by atoms with Crippen LogP contribution >= 0.6 is 11.6 Å². The normalized spacial score (nSPS) is 14.4. The molecule has 27 heavy (non-hydrogen) atoms. The highest BCUT2D eigenvalue weighted by molar-refractivity contribution is 6.30. The van der Waals surface area contributed by atoms with Crippen molar-refractivity contribution in [2.24, 2.45) is 0 Å². The third kappa shape index (κ3) is 5.98. The number of halogens is 1. The second kappa shape index (κ2) is 9.77. The van der Waals surface area contributed by atoms with E-state index >= 15 is 0 Å². The van der Waals surface area contributed by atoms with E-state index in [1.807, 2.05) is 23.1 Å². The number of carbonyl (C=O) groups is 1. The van der Waals surface area contributed by atoms with Crippen molar-refractivity contribution < 1.29 is 4.79 Å². The average Bonchev–Trinajstić information content (AvgIpc) is 2.68. The van der Waals surface area contributed by atoms with Crippen molar-refractivity contribution in [3.63, 3.8) is 0 Å². The van der Waals surface area contributed by atoms with Gasteiger partial charge in [-0.15, -0.1) is 0 Å². The maximum atomic E-state index is 12.4. The number of hydrogen-bond donors (Lipinski definition) is 1. The summed E-state index contributed by atoms with van der Waals surface area (Å²) in [6.07, 6.45) is 1.48. The van der Waals surface area contributed by atoms with E-state index in [4.69, 9.17) is 11.6 Å². The van der Waals surface area contributed by atoms with E-state index in [0.717, 1.165) is 50.7 Å². The molecule has 1 fully saturated rings. The summed E-state index contributed by atoms with van der Waals surface area (Å²) in [6.45, 7) is 7.09. The first-order chi connectivity index (χ1) is 13.1. The fourth-order valence-corrected chi connectivity index (χ4v) is 3.66. The van der Waals surface area contributed by atoms with Gasteiger partial charge in [-0.2, -0.15) is 0 Å². The Kier molecular flexibility index (Phi) is 7.13. The van der Waals surface area contributed by atoms with E-state index < -0.39 is 0 Å². The maximum Gasteiger partial charge on any atom is 0.223 e. The number of benzene rings is 2. The highest BCUT2D eigenvalue weighted by atomic mass is 35.5. The minimum Gasteiger partial charge on any atom is -0.368 e. The first kappa shape index (κ1) is 19.7. The van der Waals surface area contributed by atoms with Crippen molar-refractivity contribution in [1.29, 1.82) is 0 Å². The largest absolute Gasteiger partial charge is 0.368 e. The lowest BCUT2D eigenvalue weighted by atomic mass is 10.1. The summed E-state index contributed by atoms with van der Waals surface area (Å²) in [5.74, 6) is 0.245. The second-order valence-corrected chi connectivity index (χ2v) is 7.52. The van der Waals surface area contributed by atoms with Crippen LogP contribution < -0.4 is 10.2 Å². The topological polar surface area (TPSA) is 35.6 Å². The molecule has 144 valence electrons. The molecule has 0 saturated carbocycles. The minimum atomic E-state index is 0.245. The zero-order valence-corrected chi connectivity index (χ0v) is 16.7. The van der Waals surface area contributed by atoms with Crippen LogP contribution in [0.15, 0.2) is 48.5 Å². The molecule has 0 bridgehead atoms. The van der Waals surface area contributed by atoms with Crippen LogP contribution in [0.5, 0.6) is 0 Å². The highest BCUT2D eigenvalue weighted by Gasteiger charge is 2.20. The second-order valence-electron chi connectivity index (χ2n) is 7.09. The number of anilines is 1. The van der Waals surface area contributed by atoms with E-state index in [1.165, 1.54) is 16.8 Å². The summed E-state index contributed by atoms with van der Waals surface area (Å²) < 4.78 is 0. The van der Waals surface area contributed by atoms with Crippen molar-refractivity contribution >= 4 is 23.2 Å². The van der Waals surface area contributed by atoms with Gasteiger partial charge in [0.15, 0.2) is 0 Å². The fraction of sp³-hybridized carbons (Fsp3) is 0.409. The Labute approximate surface area is 167 Å². The molecule has 0 spiro atoms. The van der Waals surface area contributed by atoms with E-state index in [0.29, 0.717) is 6.42 Å². The first-order valence-electron chi connectivity index (χ1n) is 9.66. The van der Waals surface area contributed by atoms with Crippen molar-refractivity contribution in [3.05, 3.63) is 64.7 Å². The fourth-order valence-electron chi connectivity index (χ4n) is 3.44. The Balaban J connectivity index is 1.33. The van der Waals surface area contributed by atoms with Gasteiger partial charge in [-0.25, -0.2) is 0 Å². The summed E-state index contributed by atoms with van der Waals surface area (Å²) in [6, 6.07) is 16.5. The Hall–Kier alpha value is -2.04. The van der Waals surface area contributed by atoms with E-state index in [2.05, 4.69) is 47.5 Å². The number of carbonyl (C=O) groups excluding carboxylic acids is 1. The molecule has 1 saturated heterocycles. The lowest BCUT2D eigenvalue weighted by molar-refractivity contribution is -0.131. The molecule has 2 aromatic rings. The summed E-state index contributed by atoms with van der Waals surface area (Å²) in [5, 5.41) is 4.13. The number of hydrogen-bond acceptors (Lipinski definition) is 3. The Morgan fingerprint density at radius 1 is 1.04 bits per heavy atom. The lowest BCUT2D eigenvalue weighted by Crippen LogP contribution is -2.49. The van der Waals surface area contributed by atoms with Crippen LogP contribution in [0.4, 0.5) is 5.69 Å². The molecule has 0 aliphatic carbocycles. The van der Waals surface area contributed by atoms with Crippen LogP contribution in [0.25, 0.3) is 0 Å². The van der Waals surface area contributed by atoms with Gasteiger partial charge in [0.25, 0.3) is 0 Å². The van der Waals surface area contributed by atoms with E-state index in [9.17, 15) is 4.79 Å². The molecule has 0 aromatic heterocycles. The predicted octanol–water partition coefficient (Wildman–Crippen LogP) is 3.52. The van der Waals surface area contributed by atoms with Gasteiger partial charge in [-0.05, 0) is 55.3 Å². The molecule has 1 aliphatic heterocycles. The molecular formula is C22H28ClN3O. The third-order valence-corrected chi connectivity index (χ3v) is 5.23. The number of nitrogens with zero attached hydrogens (tertiary/aromatic N) is 2. The van der Waals surface area contributed by atoms with Gasteiger partial charge < -0.3 is 15.1 Å². The van der Waals surface area contributed by atoms with Gasteiger partial charge in [-0.1, -0.05) is 35.9 Å². The van der Waals surface area contributed by atoms with Gasteiger partial charge in [-0.3, -0.25) is 4.79 Å². The van der Waals surface area contributed by atoms with Gasteiger partial charge >= 0.3 is 0 Å². The number of rotatable bonds is 7. The molecule has 5 heteroatoms. The monoisotopic (exact) mass is 385 g/mol. The Bertz CT molecular complexity index is 757. The smallest absolute Gasteiger partial charge is 0.223 e. The number of aryl methyl sites for hydroxylation is 1. The summed E-state index contributed by atoms with van der Waals surface area (Å²) in [4.78, 5) is 16.8. The molecule has 0 unspecified atom stereocenters. The summed E-state index contributed by atoms with van der Waals surface area (Å²) >= 11 is 6.00. The third-order valence-electron chi connectivity index (χ3n) is 4.99. The van der Waals surface area contributed by atoms with Gasteiger partial charge in [0.1, 0.15) is 0 Å². The minimum absolute atomic E-state index is 0.245. The Morgan fingerprint density at radius 2 is 1.81 bits per heavy atom. The molecule has 1 N–H and O–H groups in total. The zero-order valence-electron chi connectivity index (χ0n) is 16.0. The SMILES string of the molecule is Cc1cccc(N2CCN(C(=O)CCNCCc3cccc(Cl)c3)CC2)c1. The van der Waals surface area contributed by atoms with E-state index in [1.54, 1.807) is 0 Å². The number of piperazine rings is 1. The van der Waals surface area contributed by atoms with Crippen LogP contribution in [0.1, 0.15) is 17.5 Å². The van der Waals surface area contributed by atoms with Gasteiger partial charge in [0.05, 0.1) is 0 Å². The van der Waals surface area contributed by atoms with Crippen molar-refractivity contribution in [2.75, 3.05) is 44.2 Å². The van der Waals surface area contributed by atoms with Gasteiger partial charge in [0, 0.05) is 49.9 Å². The molecule has 1 heterocycles.